The first-order valence-electron chi connectivity index (χ1n) is 15.8. The molecular weight excluding hydrogens is 460 g/mol. The molecule has 8 bridgehead atoms. The predicted molar refractivity (Wildman–Crippen MR) is 144 cm³/mol. The molecule has 8 fully saturated rings. The van der Waals surface area contributed by atoms with Gasteiger partial charge in [0.25, 0.3) is 0 Å². The van der Waals surface area contributed by atoms with Crippen LogP contribution in [0.4, 0.5) is 0 Å². The van der Waals surface area contributed by atoms with Crippen LogP contribution < -0.4 is 0 Å². The number of ether oxygens (including phenoxy) is 2. The smallest absolute Gasteiger partial charge is 0.311 e. The summed E-state index contributed by atoms with van der Waals surface area (Å²) < 4.78 is 11.1. The van der Waals surface area contributed by atoms with Crippen molar-refractivity contribution in [2.75, 3.05) is 7.11 Å². The van der Waals surface area contributed by atoms with Gasteiger partial charge in [-0.3, -0.25) is 9.59 Å². The fourth-order valence-corrected chi connectivity index (χ4v) is 11.5. The lowest BCUT2D eigenvalue weighted by molar-refractivity contribution is -0.204. The first-order valence-corrected chi connectivity index (χ1v) is 15.8. The second-order valence-electron chi connectivity index (χ2n) is 15.8. The summed E-state index contributed by atoms with van der Waals surface area (Å²) in [5.74, 6) is 8.43. The summed E-state index contributed by atoms with van der Waals surface area (Å²) in [6, 6.07) is 0. The van der Waals surface area contributed by atoms with Gasteiger partial charge in [-0.25, -0.2) is 0 Å². The van der Waals surface area contributed by atoms with Crippen LogP contribution in [-0.2, 0) is 19.1 Å². The van der Waals surface area contributed by atoms with Gasteiger partial charge in [0, 0.05) is 5.41 Å². The van der Waals surface area contributed by atoms with E-state index in [0.717, 1.165) is 60.2 Å². The molecule has 4 heteroatoms. The Morgan fingerprint density at radius 2 is 1.35 bits per heavy atom. The molecule has 0 aromatic heterocycles. The lowest BCUT2D eigenvalue weighted by Gasteiger charge is -2.61. The van der Waals surface area contributed by atoms with Crippen molar-refractivity contribution in [2.24, 2.45) is 70.0 Å². The Bertz CT molecular complexity index is 882. The third kappa shape index (κ3) is 4.12. The Morgan fingerprint density at radius 1 is 0.784 bits per heavy atom. The highest BCUT2D eigenvalue weighted by Gasteiger charge is 2.65. The Labute approximate surface area is 225 Å². The molecule has 0 amide bonds. The van der Waals surface area contributed by atoms with Crippen molar-refractivity contribution in [3.8, 4) is 0 Å². The number of hydrogen-bond acceptors (Lipinski definition) is 4. The van der Waals surface area contributed by atoms with Crippen molar-refractivity contribution in [3.63, 3.8) is 0 Å². The van der Waals surface area contributed by atoms with Crippen LogP contribution >= 0.6 is 0 Å². The standard InChI is InChI=1S/C26H38O2.C7H14O2/c1-25(2,26-11-14-5-15(12-26)7-16(6-14)13-26)28-24(27)21-10-19-9-20(21)23-18-4-3-17(8-18)22(19)23;1-5-7(2,3)6(8)9-4/h14-23H,3-13H2,1-2H3;5H2,1-4H3. The normalized spacial score (nSPS) is 46.4. The van der Waals surface area contributed by atoms with Crippen LogP contribution in [0.5, 0.6) is 0 Å². The molecule has 0 N–H and O–H groups in total. The number of fused-ring (bicyclic) bond motifs is 9. The molecule has 7 atom stereocenters. The minimum atomic E-state index is -0.311. The molecule has 0 aromatic carbocycles. The summed E-state index contributed by atoms with van der Waals surface area (Å²) >= 11 is 0. The SMILES string of the molecule is CC(C)(OC(=O)C1CC2CC1C1C3CCC(C3)C21)C12CC3CC(CC(C3)C1)C2.CCC(C)(C)C(=O)OC. The van der Waals surface area contributed by atoms with E-state index < -0.39 is 0 Å². The average Bonchev–Trinajstić information content (AvgIpc) is 3.63. The summed E-state index contributed by atoms with van der Waals surface area (Å²) in [5.41, 5.74) is -0.297. The Balaban J connectivity index is 0.000000244. The van der Waals surface area contributed by atoms with E-state index in [0.29, 0.717) is 5.92 Å². The van der Waals surface area contributed by atoms with Crippen LogP contribution in [0, 0.1) is 70.0 Å². The number of methoxy groups -OCH3 is 1. The summed E-state index contributed by atoms with van der Waals surface area (Å²) in [5, 5.41) is 0. The highest BCUT2D eigenvalue weighted by atomic mass is 16.6. The van der Waals surface area contributed by atoms with Crippen molar-refractivity contribution in [1.29, 1.82) is 0 Å². The molecule has 0 aromatic rings. The Kier molecular flexibility index (Phi) is 6.35. The minimum Gasteiger partial charge on any atom is -0.469 e. The predicted octanol–water partition coefficient (Wildman–Crippen LogP) is 7.44. The molecule has 7 unspecified atom stereocenters. The zero-order valence-electron chi connectivity index (χ0n) is 24.4. The van der Waals surface area contributed by atoms with Crippen molar-refractivity contribution in [2.45, 2.75) is 117 Å². The molecule has 0 spiro atoms. The molecule has 0 heterocycles. The van der Waals surface area contributed by atoms with Gasteiger partial charge in [0.05, 0.1) is 18.4 Å². The quantitative estimate of drug-likeness (QED) is 0.284. The molecule has 0 saturated heterocycles. The van der Waals surface area contributed by atoms with Crippen LogP contribution in [-0.4, -0.2) is 24.6 Å². The number of carbonyl (C=O) groups is 2. The van der Waals surface area contributed by atoms with E-state index in [1.807, 2.05) is 20.8 Å². The molecule has 8 rings (SSSR count). The molecule has 37 heavy (non-hydrogen) atoms. The van der Waals surface area contributed by atoms with Gasteiger partial charge >= 0.3 is 11.9 Å². The number of hydrogen-bond donors (Lipinski definition) is 0. The summed E-state index contributed by atoms with van der Waals surface area (Å²) in [6.45, 7) is 10.3. The minimum absolute atomic E-state index is 0.134. The van der Waals surface area contributed by atoms with Crippen molar-refractivity contribution >= 4 is 11.9 Å². The van der Waals surface area contributed by atoms with Gasteiger partial charge in [-0.1, -0.05) is 6.92 Å². The summed E-state index contributed by atoms with van der Waals surface area (Å²) in [7, 11) is 1.42. The van der Waals surface area contributed by atoms with Crippen molar-refractivity contribution in [1.82, 2.24) is 0 Å². The second-order valence-corrected chi connectivity index (χ2v) is 15.8. The topological polar surface area (TPSA) is 52.6 Å². The molecule has 0 aliphatic heterocycles. The van der Waals surface area contributed by atoms with Crippen molar-refractivity contribution < 1.29 is 19.1 Å². The van der Waals surface area contributed by atoms with Gasteiger partial charge in [0.15, 0.2) is 0 Å². The molecule has 0 radical (unpaired) electrons. The molecule has 8 saturated carbocycles. The van der Waals surface area contributed by atoms with E-state index in [1.165, 1.54) is 71.3 Å². The van der Waals surface area contributed by atoms with E-state index in [-0.39, 0.29) is 34.3 Å². The average molecular weight is 513 g/mol. The molecule has 208 valence electrons. The van der Waals surface area contributed by atoms with Gasteiger partial charge < -0.3 is 9.47 Å². The third-order valence-electron chi connectivity index (χ3n) is 13.3. The zero-order chi connectivity index (χ0) is 26.3. The van der Waals surface area contributed by atoms with Gasteiger partial charge in [-0.15, -0.1) is 0 Å². The second kappa shape index (κ2) is 8.98. The first-order chi connectivity index (χ1) is 17.5. The van der Waals surface area contributed by atoms with Crippen LogP contribution in [0.15, 0.2) is 0 Å². The van der Waals surface area contributed by atoms with Crippen molar-refractivity contribution in [3.05, 3.63) is 0 Å². The Morgan fingerprint density at radius 3 is 1.86 bits per heavy atom. The third-order valence-corrected chi connectivity index (χ3v) is 13.3. The molecular formula is C33H52O4. The largest absolute Gasteiger partial charge is 0.469 e. The van der Waals surface area contributed by atoms with Crippen LogP contribution in [0.2, 0.25) is 0 Å². The van der Waals surface area contributed by atoms with Crippen LogP contribution in [0.25, 0.3) is 0 Å². The number of carbonyl (C=O) groups excluding carboxylic acids is 2. The lowest BCUT2D eigenvalue weighted by atomic mass is 9.46. The van der Waals surface area contributed by atoms with Gasteiger partial charge in [-0.2, -0.15) is 0 Å². The van der Waals surface area contributed by atoms with E-state index in [9.17, 15) is 9.59 Å². The highest BCUT2D eigenvalue weighted by Crippen LogP contribution is 2.69. The number of esters is 2. The maximum atomic E-state index is 13.5. The fraction of sp³-hybridized carbons (Fsp3) is 0.939. The maximum absolute atomic E-state index is 13.5. The number of rotatable bonds is 5. The molecule has 8 aliphatic carbocycles. The first kappa shape index (κ1) is 26.2. The summed E-state index contributed by atoms with van der Waals surface area (Å²) in [4.78, 5) is 24.4. The molecule has 4 nitrogen and oxygen atoms in total. The van der Waals surface area contributed by atoms with Gasteiger partial charge in [-0.05, 0) is 158 Å². The van der Waals surface area contributed by atoms with E-state index in [4.69, 9.17) is 4.74 Å². The summed E-state index contributed by atoms with van der Waals surface area (Å²) in [6.07, 6.45) is 16.1. The lowest BCUT2D eigenvalue weighted by Crippen LogP contribution is -2.57. The van der Waals surface area contributed by atoms with E-state index in [1.54, 1.807) is 0 Å². The zero-order valence-corrected chi connectivity index (χ0v) is 24.4. The maximum Gasteiger partial charge on any atom is 0.311 e. The Hall–Kier alpha value is -1.06. The van der Waals surface area contributed by atoms with Gasteiger partial charge in [0.1, 0.15) is 5.60 Å². The highest BCUT2D eigenvalue weighted by molar-refractivity contribution is 5.75. The fourth-order valence-electron chi connectivity index (χ4n) is 11.5. The van der Waals surface area contributed by atoms with E-state index >= 15 is 0 Å². The molecule has 8 aliphatic rings. The van der Waals surface area contributed by atoms with E-state index in [2.05, 4.69) is 18.6 Å². The van der Waals surface area contributed by atoms with Crippen LogP contribution in [0.1, 0.15) is 112 Å². The van der Waals surface area contributed by atoms with Gasteiger partial charge in [0.2, 0.25) is 0 Å². The monoisotopic (exact) mass is 512 g/mol. The van der Waals surface area contributed by atoms with Crippen LogP contribution in [0.3, 0.4) is 0 Å².